The third-order valence-electron chi connectivity index (χ3n) is 4.16. The molecule has 0 saturated carbocycles. The highest BCUT2D eigenvalue weighted by molar-refractivity contribution is 5.97. The first-order valence-corrected chi connectivity index (χ1v) is 9.30. The number of hydrogen-bond acceptors (Lipinski definition) is 5. The Morgan fingerprint density at radius 3 is 2.72 bits per heavy atom. The second-order valence-corrected chi connectivity index (χ2v) is 6.73. The minimum Gasteiger partial charge on any atom is -0.495 e. The summed E-state index contributed by atoms with van der Waals surface area (Å²) in [7, 11) is 1.55. The molecule has 0 spiro atoms. The van der Waals surface area contributed by atoms with Crippen LogP contribution in [0.2, 0.25) is 0 Å². The van der Waals surface area contributed by atoms with E-state index in [4.69, 9.17) is 4.74 Å². The fourth-order valence-electron chi connectivity index (χ4n) is 2.81. The van der Waals surface area contributed by atoms with Crippen molar-refractivity contribution in [3.63, 3.8) is 0 Å². The summed E-state index contributed by atoms with van der Waals surface area (Å²) in [6.07, 6.45) is 0. The van der Waals surface area contributed by atoms with Gasteiger partial charge in [-0.3, -0.25) is 4.79 Å². The van der Waals surface area contributed by atoms with Gasteiger partial charge in [0.25, 0.3) is 5.91 Å². The topological polar surface area (TPSA) is 110 Å². The van der Waals surface area contributed by atoms with E-state index in [9.17, 15) is 9.59 Å². The van der Waals surface area contributed by atoms with Crippen LogP contribution < -0.4 is 20.7 Å². The molecule has 3 rings (SSSR count). The maximum absolute atomic E-state index is 12.1. The van der Waals surface area contributed by atoms with Crippen molar-refractivity contribution in [2.75, 3.05) is 19.0 Å². The SMILES string of the molecule is COc1ccccc1NC(=O)NCCn1nnc2cc(C(=O)NC(C)C)ccc21. The molecule has 2 aromatic carbocycles. The first-order chi connectivity index (χ1) is 14.0. The number of aromatic nitrogens is 3. The molecule has 29 heavy (non-hydrogen) atoms. The van der Waals surface area contributed by atoms with Gasteiger partial charge in [0.2, 0.25) is 0 Å². The molecule has 0 atom stereocenters. The van der Waals surface area contributed by atoms with Gasteiger partial charge in [0, 0.05) is 18.2 Å². The molecule has 0 aliphatic heterocycles. The summed E-state index contributed by atoms with van der Waals surface area (Å²) >= 11 is 0. The van der Waals surface area contributed by atoms with E-state index in [2.05, 4.69) is 26.3 Å². The summed E-state index contributed by atoms with van der Waals surface area (Å²) in [6, 6.07) is 12.1. The molecule has 1 heterocycles. The minimum absolute atomic E-state index is 0.0574. The molecule has 0 aliphatic carbocycles. The first-order valence-electron chi connectivity index (χ1n) is 9.30. The number of benzene rings is 2. The van der Waals surface area contributed by atoms with E-state index in [1.807, 2.05) is 26.0 Å². The quantitative estimate of drug-likeness (QED) is 0.568. The number of anilines is 1. The molecule has 3 aromatic rings. The summed E-state index contributed by atoms with van der Waals surface area (Å²) in [5, 5.41) is 16.6. The summed E-state index contributed by atoms with van der Waals surface area (Å²) in [4.78, 5) is 24.2. The van der Waals surface area contributed by atoms with Gasteiger partial charge in [-0.15, -0.1) is 5.10 Å². The van der Waals surface area contributed by atoms with Crippen LogP contribution in [0.3, 0.4) is 0 Å². The lowest BCUT2D eigenvalue weighted by Crippen LogP contribution is -2.31. The highest BCUT2D eigenvalue weighted by Crippen LogP contribution is 2.22. The number of para-hydroxylation sites is 2. The van der Waals surface area contributed by atoms with Crippen molar-refractivity contribution < 1.29 is 14.3 Å². The average molecular weight is 396 g/mol. The van der Waals surface area contributed by atoms with Crippen LogP contribution in [0.25, 0.3) is 11.0 Å². The lowest BCUT2D eigenvalue weighted by Gasteiger charge is -2.11. The Bertz CT molecular complexity index is 1010. The summed E-state index contributed by atoms with van der Waals surface area (Å²) < 4.78 is 6.90. The highest BCUT2D eigenvalue weighted by Gasteiger charge is 2.11. The van der Waals surface area contributed by atoms with Gasteiger partial charge in [-0.2, -0.15) is 0 Å². The molecular formula is C20H24N6O3. The van der Waals surface area contributed by atoms with Crippen LogP contribution in [0.5, 0.6) is 5.75 Å². The Morgan fingerprint density at radius 2 is 1.97 bits per heavy atom. The molecular weight excluding hydrogens is 372 g/mol. The zero-order valence-corrected chi connectivity index (χ0v) is 16.6. The van der Waals surface area contributed by atoms with E-state index in [-0.39, 0.29) is 18.0 Å². The maximum Gasteiger partial charge on any atom is 0.319 e. The van der Waals surface area contributed by atoms with Crippen LogP contribution in [0.1, 0.15) is 24.2 Å². The number of methoxy groups -OCH3 is 1. The lowest BCUT2D eigenvalue weighted by atomic mass is 10.2. The summed E-state index contributed by atoms with van der Waals surface area (Å²) in [5.74, 6) is 0.438. The van der Waals surface area contributed by atoms with Crippen molar-refractivity contribution in [1.29, 1.82) is 0 Å². The molecule has 3 amide bonds. The van der Waals surface area contributed by atoms with Crippen LogP contribution in [-0.2, 0) is 6.54 Å². The number of urea groups is 1. The number of ether oxygens (including phenoxy) is 1. The minimum atomic E-state index is -0.341. The first kappa shape index (κ1) is 20.1. The Labute approximate surface area is 168 Å². The normalized spacial score (nSPS) is 10.8. The van der Waals surface area contributed by atoms with Crippen LogP contribution in [0.15, 0.2) is 42.5 Å². The Hall–Kier alpha value is -3.62. The molecule has 9 heteroatoms. The van der Waals surface area contributed by atoms with E-state index >= 15 is 0 Å². The predicted octanol–water partition coefficient (Wildman–Crippen LogP) is 2.40. The number of amides is 3. The third kappa shape index (κ3) is 5.01. The number of carbonyl (C=O) groups is 2. The highest BCUT2D eigenvalue weighted by atomic mass is 16.5. The maximum atomic E-state index is 12.1. The van der Waals surface area contributed by atoms with E-state index in [0.717, 1.165) is 5.52 Å². The second-order valence-electron chi connectivity index (χ2n) is 6.73. The van der Waals surface area contributed by atoms with Crippen LogP contribution in [0.4, 0.5) is 10.5 Å². The summed E-state index contributed by atoms with van der Waals surface area (Å²) in [6.45, 7) is 4.61. The van der Waals surface area contributed by atoms with Gasteiger partial charge >= 0.3 is 6.03 Å². The molecule has 152 valence electrons. The average Bonchev–Trinajstić information content (AvgIpc) is 3.10. The van der Waals surface area contributed by atoms with Gasteiger partial charge < -0.3 is 20.7 Å². The van der Waals surface area contributed by atoms with Crippen LogP contribution in [0, 0.1) is 0 Å². The predicted molar refractivity (Wildman–Crippen MR) is 110 cm³/mol. The number of nitrogens with one attached hydrogen (secondary N) is 3. The number of nitrogens with zero attached hydrogens (tertiary/aromatic N) is 3. The molecule has 0 bridgehead atoms. The Kier molecular flexibility index (Phi) is 6.28. The zero-order chi connectivity index (χ0) is 20.8. The number of carbonyl (C=O) groups excluding carboxylic acids is 2. The van der Waals surface area contributed by atoms with Gasteiger partial charge in [-0.25, -0.2) is 9.48 Å². The number of rotatable bonds is 7. The molecule has 0 aliphatic rings. The fourth-order valence-corrected chi connectivity index (χ4v) is 2.81. The van der Waals surface area contributed by atoms with E-state index in [1.165, 1.54) is 0 Å². The molecule has 0 fully saturated rings. The smallest absolute Gasteiger partial charge is 0.319 e. The van der Waals surface area contributed by atoms with Gasteiger partial charge in [-0.1, -0.05) is 17.3 Å². The van der Waals surface area contributed by atoms with Crippen LogP contribution in [-0.4, -0.2) is 46.6 Å². The van der Waals surface area contributed by atoms with E-state index < -0.39 is 0 Å². The molecule has 9 nitrogen and oxygen atoms in total. The van der Waals surface area contributed by atoms with Gasteiger partial charge in [-0.05, 0) is 44.2 Å². The standard InChI is InChI=1S/C20H24N6O3/c1-13(2)22-19(27)14-8-9-17-16(12-14)24-25-26(17)11-10-21-20(28)23-15-6-4-5-7-18(15)29-3/h4-9,12-13H,10-11H2,1-3H3,(H,22,27)(H2,21,23,28). The van der Waals surface area contributed by atoms with Crippen molar-refractivity contribution in [2.24, 2.45) is 0 Å². The molecule has 1 aromatic heterocycles. The van der Waals surface area contributed by atoms with Gasteiger partial charge in [0.15, 0.2) is 0 Å². The van der Waals surface area contributed by atoms with Crippen molar-refractivity contribution in [3.8, 4) is 5.75 Å². The van der Waals surface area contributed by atoms with Crippen molar-refractivity contribution >= 4 is 28.7 Å². The van der Waals surface area contributed by atoms with Gasteiger partial charge in [0.1, 0.15) is 11.3 Å². The third-order valence-corrected chi connectivity index (χ3v) is 4.16. The fraction of sp³-hybridized carbons (Fsp3) is 0.300. The van der Waals surface area contributed by atoms with Crippen LogP contribution >= 0.6 is 0 Å². The molecule has 0 radical (unpaired) electrons. The zero-order valence-electron chi connectivity index (χ0n) is 16.6. The molecule has 0 unspecified atom stereocenters. The van der Waals surface area contributed by atoms with E-state index in [0.29, 0.717) is 35.6 Å². The molecule has 0 saturated heterocycles. The number of fused-ring (bicyclic) bond motifs is 1. The largest absolute Gasteiger partial charge is 0.495 e. The van der Waals surface area contributed by atoms with Crippen molar-refractivity contribution in [1.82, 2.24) is 25.6 Å². The monoisotopic (exact) mass is 396 g/mol. The Balaban J connectivity index is 1.58. The van der Waals surface area contributed by atoms with Gasteiger partial charge in [0.05, 0.1) is 24.9 Å². The summed E-state index contributed by atoms with van der Waals surface area (Å²) in [5.41, 5.74) is 2.54. The van der Waals surface area contributed by atoms with E-state index in [1.54, 1.807) is 42.1 Å². The van der Waals surface area contributed by atoms with Crippen molar-refractivity contribution in [2.45, 2.75) is 26.4 Å². The molecule has 3 N–H and O–H groups in total. The lowest BCUT2D eigenvalue weighted by molar-refractivity contribution is 0.0943. The van der Waals surface area contributed by atoms with Crippen molar-refractivity contribution in [3.05, 3.63) is 48.0 Å². The number of hydrogen-bond donors (Lipinski definition) is 3. The second kappa shape index (κ2) is 9.05. The Morgan fingerprint density at radius 1 is 1.17 bits per heavy atom.